The van der Waals surface area contributed by atoms with Crippen LogP contribution in [0.5, 0.6) is 0 Å². The molecule has 1 rings (SSSR count). The molecule has 80 valence electrons. The fourth-order valence-corrected chi connectivity index (χ4v) is 1.54. The van der Waals surface area contributed by atoms with E-state index in [0.717, 1.165) is 5.56 Å². The number of nitriles is 1. The van der Waals surface area contributed by atoms with Gasteiger partial charge in [-0.3, -0.25) is 0 Å². The maximum absolute atomic E-state index is 10.4. The molecule has 4 heteroatoms. The van der Waals surface area contributed by atoms with E-state index in [1.807, 2.05) is 22.9 Å². The molecule has 0 fully saturated rings. The van der Waals surface area contributed by atoms with Crippen LogP contribution in [-0.4, -0.2) is 11.1 Å². The molecule has 0 aliphatic carbocycles. The van der Waals surface area contributed by atoms with Gasteiger partial charge in [0, 0.05) is 0 Å². The molecule has 0 amide bonds. The average molecular weight is 231 g/mol. The van der Waals surface area contributed by atoms with Gasteiger partial charge in [0.25, 0.3) is 0 Å². The summed E-state index contributed by atoms with van der Waals surface area (Å²) in [5.41, 5.74) is 0.817. The minimum absolute atomic E-state index is 0.278. The van der Waals surface area contributed by atoms with Crippen LogP contribution in [-0.2, 0) is 4.79 Å². The van der Waals surface area contributed by atoms with Gasteiger partial charge in [-0.25, -0.2) is 4.79 Å². The van der Waals surface area contributed by atoms with Crippen molar-refractivity contribution in [1.82, 2.24) is 0 Å². The van der Waals surface area contributed by atoms with Crippen molar-refractivity contribution >= 4 is 23.4 Å². The fraction of sp³-hybridized carbons (Fsp3) is 0. The molecule has 0 atom stereocenters. The summed E-state index contributed by atoms with van der Waals surface area (Å²) in [6, 6.07) is 3.57. The smallest absolute Gasteiger partial charge is 0.346 e. The number of nitrogens with zero attached hydrogens (tertiary/aromatic N) is 1. The van der Waals surface area contributed by atoms with Gasteiger partial charge in [0.05, 0.1) is 0 Å². The van der Waals surface area contributed by atoms with Gasteiger partial charge >= 0.3 is 5.97 Å². The Hall–Kier alpha value is -2.12. The maximum atomic E-state index is 10.4. The topological polar surface area (TPSA) is 61.1 Å². The van der Waals surface area contributed by atoms with E-state index in [9.17, 15) is 4.79 Å². The molecule has 1 N–H and O–H groups in total. The lowest BCUT2D eigenvalue weighted by atomic mass is 10.2. The minimum atomic E-state index is -1.21. The maximum Gasteiger partial charge on any atom is 0.346 e. The molecule has 0 spiro atoms. The highest BCUT2D eigenvalue weighted by molar-refractivity contribution is 7.08. The largest absolute Gasteiger partial charge is 0.477 e. The Morgan fingerprint density at radius 1 is 1.44 bits per heavy atom. The SMILES string of the molecule is N#C\C(=C/C=C/C=C/c1ccsc1)C(=O)O. The van der Waals surface area contributed by atoms with E-state index in [1.165, 1.54) is 12.2 Å². The van der Waals surface area contributed by atoms with Crippen LogP contribution in [0.1, 0.15) is 5.56 Å². The Morgan fingerprint density at radius 2 is 2.25 bits per heavy atom. The number of allylic oxidation sites excluding steroid dienone is 4. The highest BCUT2D eigenvalue weighted by Gasteiger charge is 2.01. The number of thiophene rings is 1. The van der Waals surface area contributed by atoms with Crippen LogP contribution < -0.4 is 0 Å². The molecule has 0 saturated carbocycles. The van der Waals surface area contributed by atoms with Crippen LogP contribution in [0.25, 0.3) is 6.08 Å². The van der Waals surface area contributed by atoms with E-state index in [0.29, 0.717) is 0 Å². The zero-order valence-electron chi connectivity index (χ0n) is 8.33. The zero-order valence-corrected chi connectivity index (χ0v) is 9.15. The molecule has 1 aromatic heterocycles. The first-order valence-corrected chi connectivity index (χ1v) is 5.39. The highest BCUT2D eigenvalue weighted by Crippen LogP contribution is 2.07. The standard InChI is InChI=1S/C12H9NO2S/c13-8-11(12(14)15)5-3-1-2-4-10-6-7-16-9-10/h1-7,9H,(H,14,15)/b3-1+,4-2+,11-5+. The number of aliphatic carboxylic acids is 1. The van der Waals surface area contributed by atoms with Crippen molar-refractivity contribution in [2.24, 2.45) is 0 Å². The van der Waals surface area contributed by atoms with E-state index in [1.54, 1.807) is 29.6 Å². The molecular formula is C12H9NO2S. The van der Waals surface area contributed by atoms with Crippen molar-refractivity contribution in [1.29, 1.82) is 5.26 Å². The summed E-state index contributed by atoms with van der Waals surface area (Å²) in [4.78, 5) is 10.4. The van der Waals surface area contributed by atoms with Crippen LogP contribution >= 0.6 is 11.3 Å². The monoisotopic (exact) mass is 231 g/mol. The molecule has 0 radical (unpaired) electrons. The fourth-order valence-electron chi connectivity index (χ4n) is 0.909. The van der Waals surface area contributed by atoms with Gasteiger partial charge in [0.15, 0.2) is 0 Å². The van der Waals surface area contributed by atoms with E-state index in [-0.39, 0.29) is 5.57 Å². The lowest BCUT2D eigenvalue weighted by molar-refractivity contribution is -0.132. The van der Waals surface area contributed by atoms with Crippen LogP contribution in [0.4, 0.5) is 0 Å². The number of carboxylic acid groups (broad SMARTS) is 1. The molecule has 0 saturated heterocycles. The van der Waals surface area contributed by atoms with Gasteiger partial charge < -0.3 is 5.11 Å². The van der Waals surface area contributed by atoms with Crippen LogP contribution in [0.15, 0.2) is 46.7 Å². The first-order chi connectivity index (χ1) is 7.74. The van der Waals surface area contributed by atoms with E-state index < -0.39 is 5.97 Å². The van der Waals surface area contributed by atoms with Gasteiger partial charge in [-0.1, -0.05) is 24.3 Å². The Bertz CT molecular complexity index is 476. The number of hydrogen-bond acceptors (Lipinski definition) is 3. The number of carbonyl (C=O) groups is 1. The summed E-state index contributed by atoms with van der Waals surface area (Å²) >= 11 is 1.61. The third kappa shape index (κ3) is 3.95. The summed E-state index contributed by atoms with van der Waals surface area (Å²) in [7, 11) is 0. The van der Waals surface area contributed by atoms with E-state index >= 15 is 0 Å². The Balaban J connectivity index is 2.56. The number of hydrogen-bond donors (Lipinski definition) is 1. The lowest BCUT2D eigenvalue weighted by Crippen LogP contribution is -1.96. The summed E-state index contributed by atoms with van der Waals surface area (Å²) in [6.07, 6.45) is 8.15. The Morgan fingerprint density at radius 3 is 2.81 bits per heavy atom. The van der Waals surface area contributed by atoms with E-state index in [4.69, 9.17) is 10.4 Å². The number of rotatable bonds is 4. The quantitative estimate of drug-likeness (QED) is 0.492. The first-order valence-electron chi connectivity index (χ1n) is 4.44. The van der Waals surface area contributed by atoms with Gasteiger partial charge in [0.2, 0.25) is 0 Å². The molecule has 0 aromatic carbocycles. The predicted molar refractivity (Wildman–Crippen MR) is 63.8 cm³/mol. The van der Waals surface area contributed by atoms with Crippen molar-refractivity contribution in [2.45, 2.75) is 0 Å². The second kappa shape index (κ2) is 6.38. The molecule has 3 nitrogen and oxygen atoms in total. The van der Waals surface area contributed by atoms with Gasteiger partial charge in [-0.05, 0) is 28.5 Å². The summed E-state index contributed by atoms with van der Waals surface area (Å²) < 4.78 is 0. The average Bonchev–Trinajstić information content (AvgIpc) is 2.75. The molecule has 1 aromatic rings. The molecule has 0 unspecified atom stereocenters. The molecule has 0 aliphatic rings. The Kier molecular flexibility index (Phi) is 4.77. The van der Waals surface area contributed by atoms with Crippen molar-refractivity contribution in [3.63, 3.8) is 0 Å². The predicted octanol–water partition coefficient (Wildman–Crippen LogP) is 2.85. The lowest BCUT2D eigenvalue weighted by Gasteiger charge is -1.84. The zero-order chi connectivity index (χ0) is 11.8. The van der Waals surface area contributed by atoms with Crippen molar-refractivity contribution in [3.05, 3.63) is 52.3 Å². The summed E-state index contributed by atoms with van der Waals surface area (Å²) in [6.45, 7) is 0. The molecule has 16 heavy (non-hydrogen) atoms. The normalized spacial score (nSPS) is 12.1. The van der Waals surface area contributed by atoms with Crippen LogP contribution in [0.2, 0.25) is 0 Å². The van der Waals surface area contributed by atoms with Crippen LogP contribution in [0, 0.1) is 11.3 Å². The summed E-state index contributed by atoms with van der Waals surface area (Å²) in [5, 5.41) is 21.0. The third-order valence-corrected chi connectivity index (χ3v) is 2.37. The van der Waals surface area contributed by atoms with Crippen molar-refractivity contribution in [2.75, 3.05) is 0 Å². The van der Waals surface area contributed by atoms with Crippen molar-refractivity contribution < 1.29 is 9.90 Å². The van der Waals surface area contributed by atoms with E-state index in [2.05, 4.69) is 0 Å². The molecule has 0 aliphatic heterocycles. The first kappa shape index (κ1) is 12.0. The second-order valence-electron chi connectivity index (χ2n) is 2.80. The van der Waals surface area contributed by atoms with Crippen LogP contribution in [0.3, 0.4) is 0 Å². The molecule has 1 heterocycles. The van der Waals surface area contributed by atoms with Gasteiger partial charge in [-0.2, -0.15) is 16.6 Å². The molecule has 0 bridgehead atoms. The molecular weight excluding hydrogens is 222 g/mol. The second-order valence-corrected chi connectivity index (χ2v) is 3.58. The summed E-state index contributed by atoms with van der Waals surface area (Å²) in [5.74, 6) is -1.21. The highest BCUT2D eigenvalue weighted by atomic mass is 32.1. The van der Waals surface area contributed by atoms with Crippen molar-refractivity contribution in [3.8, 4) is 6.07 Å². The third-order valence-electron chi connectivity index (χ3n) is 1.67. The number of carboxylic acids is 1. The van der Waals surface area contributed by atoms with Gasteiger partial charge in [0.1, 0.15) is 11.6 Å². The minimum Gasteiger partial charge on any atom is -0.477 e. The van der Waals surface area contributed by atoms with Gasteiger partial charge in [-0.15, -0.1) is 0 Å². The Labute approximate surface area is 97.3 Å².